The van der Waals surface area contributed by atoms with E-state index in [-0.39, 0.29) is 29.8 Å². The van der Waals surface area contributed by atoms with Crippen LogP contribution in [0, 0.1) is 6.92 Å². The Balaban J connectivity index is 1.79. The molecule has 1 N–H and O–H groups in total. The van der Waals surface area contributed by atoms with E-state index < -0.39 is 28.5 Å². The number of hydrogen-bond donors (Lipinski definition) is 1. The van der Waals surface area contributed by atoms with Gasteiger partial charge in [-0.25, -0.2) is 8.42 Å². The first-order valence-corrected chi connectivity index (χ1v) is 17.0. The van der Waals surface area contributed by atoms with E-state index in [0.29, 0.717) is 23.1 Å². The minimum Gasteiger partial charge on any atom is -0.494 e. The molecule has 0 bridgehead atoms. The summed E-state index contributed by atoms with van der Waals surface area (Å²) in [5.41, 5.74) is 2.86. The van der Waals surface area contributed by atoms with Crippen molar-refractivity contribution < 1.29 is 22.7 Å². The third kappa shape index (κ3) is 9.11. The lowest BCUT2D eigenvalue weighted by Gasteiger charge is -2.34. The molecule has 0 saturated carbocycles. The third-order valence-electron chi connectivity index (χ3n) is 7.29. The van der Waals surface area contributed by atoms with E-state index >= 15 is 0 Å². The van der Waals surface area contributed by atoms with Crippen molar-refractivity contribution in [2.75, 3.05) is 17.5 Å². The summed E-state index contributed by atoms with van der Waals surface area (Å²) in [6, 6.07) is 28.4. The second-order valence-electron chi connectivity index (χ2n) is 11.3. The zero-order valence-corrected chi connectivity index (χ0v) is 28.1. The van der Waals surface area contributed by atoms with Crippen molar-refractivity contribution in [1.82, 2.24) is 10.2 Å². The van der Waals surface area contributed by atoms with Crippen molar-refractivity contribution >= 4 is 39.1 Å². The summed E-state index contributed by atoms with van der Waals surface area (Å²) in [6.07, 6.45) is 0.231. The molecule has 0 aliphatic heterocycles. The van der Waals surface area contributed by atoms with Crippen molar-refractivity contribution in [3.05, 3.63) is 125 Å². The molecule has 0 aromatic heterocycles. The Kier molecular flexibility index (Phi) is 11.8. The van der Waals surface area contributed by atoms with Crippen LogP contribution in [0.5, 0.6) is 5.75 Å². The van der Waals surface area contributed by atoms with Gasteiger partial charge in [0, 0.05) is 24.0 Å². The lowest BCUT2D eigenvalue weighted by molar-refractivity contribution is -0.140. The van der Waals surface area contributed by atoms with Gasteiger partial charge >= 0.3 is 0 Å². The summed E-state index contributed by atoms with van der Waals surface area (Å²) in [5, 5.41) is 3.49. The predicted octanol–water partition coefficient (Wildman–Crippen LogP) is 6.41. The maximum absolute atomic E-state index is 14.5. The fourth-order valence-electron chi connectivity index (χ4n) is 4.96. The zero-order chi connectivity index (χ0) is 33.3. The number of carbonyl (C=O) groups is 2. The Morgan fingerprint density at radius 2 is 1.48 bits per heavy atom. The lowest BCUT2D eigenvalue weighted by atomic mass is 10.0. The zero-order valence-electron chi connectivity index (χ0n) is 26.5. The van der Waals surface area contributed by atoms with Crippen LogP contribution in [-0.4, -0.2) is 50.4 Å². The van der Waals surface area contributed by atoms with Crippen LogP contribution in [0.2, 0.25) is 5.02 Å². The number of nitrogens with one attached hydrogen (secondary N) is 1. The summed E-state index contributed by atoms with van der Waals surface area (Å²) in [7, 11) is -4.22. The fraction of sp³-hybridized carbons (Fsp3) is 0.278. The van der Waals surface area contributed by atoms with Crippen LogP contribution < -0.4 is 14.4 Å². The van der Waals surface area contributed by atoms with Gasteiger partial charge in [0.1, 0.15) is 18.3 Å². The van der Waals surface area contributed by atoms with Crippen LogP contribution in [0.15, 0.2) is 108 Å². The molecular formula is C36H40ClN3O5S. The largest absolute Gasteiger partial charge is 0.494 e. The van der Waals surface area contributed by atoms with Gasteiger partial charge in [-0.2, -0.15) is 0 Å². The molecule has 0 heterocycles. The predicted molar refractivity (Wildman–Crippen MR) is 183 cm³/mol. The van der Waals surface area contributed by atoms with Gasteiger partial charge in [0.2, 0.25) is 11.8 Å². The van der Waals surface area contributed by atoms with Gasteiger partial charge in [0.15, 0.2) is 0 Å². The van der Waals surface area contributed by atoms with Gasteiger partial charge in [-0.3, -0.25) is 13.9 Å². The van der Waals surface area contributed by atoms with E-state index in [1.165, 1.54) is 17.0 Å². The Morgan fingerprint density at radius 1 is 0.848 bits per heavy atom. The molecule has 1 atom stereocenters. The number of benzene rings is 4. The molecular weight excluding hydrogens is 622 g/mol. The molecule has 10 heteroatoms. The molecule has 0 aliphatic rings. The van der Waals surface area contributed by atoms with E-state index in [1.54, 1.807) is 60.7 Å². The molecule has 0 saturated heterocycles. The monoisotopic (exact) mass is 661 g/mol. The molecule has 0 fully saturated rings. The van der Waals surface area contributed by atoms with Gasteiger partial charge in [-0.1, -0.05) is 71.8 Å². The van der Waals surface area contributed by atoms with Crippen molar-refractivity contribution in [2.45, 2.75) is 57.6 Å². The molecule has 4 aromatic carbocycles. The number of anilines is 1. The average molecular weight is 662 g/mol. The first-order valence-electron chi connectivity index (χ1n) is 15.2. The molecule has 0 radical (unpaired) electrons. The summed E-state index contributed by atoms with van der Waals surface area (Å²) in [6.45, 7) is 7.41. The number of nitrogens with zero attached hydrogens (tertiary/aromatic N) is 2. The average Bonchev–Trinajstić information content (AvgIpc) is 3.03. The van der Waals surface area contributed by atoms with Crippen molar-refractivity contribution in [3.8, 4) is 5.75 Å². The van der Waals surface area contributed by atoms with E-state index in [4.69, 9.17) is 16.3 Å². The maximum atomic E-state index is 14.5. The first-order chi connectivity index (χ1) is 22.0. The van der Waals surface area contributed by atoms with Crippen LogP contribution in [-0.2, 0) is 32.6 Å². The Morgan fingerprint density at radius 3 is 2.07 bits per heavy atom. The Hall–Kier alpha value is -4.34. The summed E-state index contributed by atoms with van der Waals surface area (Å²) < 4.78 is 35.0. The number of sulfonamides is 1. The van der Waals surface area contributed by atoms with E-state index in [0.717, 1.165) is 21.0 Å². The summed E-state index contributed by atoms with van der Waals surface area (Å²) in [5.74, 6) is -0.337. The molecule has 46 heavy (non-hydrogen) atoms. The lowest BCUT2D eigenvalue weighted by Crippen LogP contribution is -2.54. The van der Waals surface area contributed by atoms with Gasteiger partial charge in [0.05, 0.1) is 17.2 Å². The maximum Gasteiger partial charge on any atom is 0.264 e. The molecule has 2 amide bonds. The van der Waals surface area contributed by atoms with Gasteiger partial charge in [-0.15, -0.1) is 0 Å². The third-order valence-corrected chi connectivity index (χ3v) is 9.33. The molecule has 0 unspecified atom stereocenters. The highest BCUT2D eigenvalue weighted by Crippen LogP contribution is 2.27. The number of ether oxygens (including phenoxy) is 1. The number of rotatable bonds is 14. The summed E-state index contributed by atoms with van der Waals surface area (Å²) >= 11 is 6.15. The van der Waals surface area contributed by atoms with E-state index in [1.807, 2.05) is 58.0 Å². The minimum atomic E-state index is -4.22. The van der Waals surface area contributed by atoms with Crippen molar-refractivity contribution in [1.29, 1.82) is 0 Å². The molecule has 4 aromatic rings. The smallest absolute Gasteiger partial charge is 0.264 e. The Labute approximate surface area is 277 Å². The van der Waals surface area contributed by atoms with Gasteiger partial charge in [-0.05, 0) is 87.4 Å². The highest BCUT2D eigenvalue weighted by Gasteiger charge is 2.34. The number of amides is 2. The Bertz CT molecular complexity index is 1700. The standard InChI is InChI=1S/C36H40ClN3O5S/c1-5-45-32-19-21-33(22-20-32)46(43,44)40(31-17-11-27(4)12-18-31)25-35(41)39(24-29-13-15-30(37)16-14-29)34(36(42)38-26(2)3)23-28-9-7-6-8-10-28/h6-22,26,34H,5,23-25H2,1-4H3,(H,38,42)/t34-/m0/s1. The van der Waals surface area contributed by atoms with Crippen LogP contribution in [0.4, 0.5) is 5.69 Å². The molecule has 0 spiro atoms. The molecule has 4 rings (SSSR count). The first kappa shape index (κ1) is 34.5. The fourth-order valence-corrected chi connectivity index (χ4v) is 6.50. The van der Waals surface area contributed by atoms with Gasteiger partial charge in [0.25, 0.3) is 10.0 Å². The van der Waals surface area contributed by atoms with E-state index in [2.05, 4.69) is 5.32 Å². The van der Waals surface area contributed by atoms with Crippen molar-refractivity contribution in [2.24, 2.45) is 0 Å². The topological polar surface area (TPSA) is 96.0 Å². The molecule has 0 aliphatic carbocycles. The summed E-state index contributed by atoms with van der Waals surface area (Å²) in [4.78, 5) is 29.7. The second kappa shape index (κ2) is 15.8. The van der Waals surface area contributed by atoms with Crippen molar-refractivity contribution in [3.63, 3.8) is 0 Å². The SMILES string of the molecule is CCOc1ccc(S(=O)(=O)N(CC(=O)N(Cc2ccc(Cl)cc2)[C@@H](Cc2ccccc2)C(=O)NC(C)C)c2ccc(C)cc2)cc1. The normalized spacial score (nSPS) is 12.0. The van der Waals surface area contributed by atoms with Crippen LogP contribution >= 0.6 is 11.6 Å². The van der Waals surface area contributed by atoms with Crippen LogP contribution in [0.1, 0.15) is 37.5 Å². The number of aryl methyl sites for hydroxylation is 1. The number of halogens is 1. The van der Waals surface area contributed by atoms with E-state index in [9.17, 15) is 18.0 Å². The number of carbonyl (C=O) groups excluding carboxylic acids is 2. The molecule has 242 valence electrons. The molecule has 8 nitrogen and oxygen atoms in total. The van der Waals surface area contributed by atoms with Crippen LogP contribution in [0.25, 0.3) is 0 Å². The minimum absolute atomic E-state index is 0.00645. The van der Waals surface area contributed by atoms with Crippen LogP contribution in [0.3, 0.4) is 0 Å². The quantitative estimate of drug-likeness (QED) is 0.169. The second-order valence-corrected chi connectivity index (χ2v) is 13.6. The van der Waals surface area contributed by atoms with Gasteiger partial charge < -0.3 is 15.0 Å². The number of hydrogen-bond acceptors (Lipinski definition) is 5. The highest BCUT2D eigenvalue weighted by molar-refractivity contribution is 7.92. The highest BCUT2D eigenvalue weighted by atomic mass is 35.5.